The van der Waals surface area contributed by atoms with Gasteiger partial charge in [0.2, 0.25) is 0 Å². The van der Waals surface area contributed by atoms with Crippen LogP contribution in [-0.4, -0.2) is 28.0 Å². The van der Waals surface area contributed by atoms with Crippen molar-refractivity contribution >= 4 is 21.7 Å². The van der Waals surface area contributed by atoms with Gasteiger partial charge in [0, 0.05) is 37.4 Å². The number of hydrogen-bond donors (Lipinski definition) is 0. The van der Waals surface area contributed by atoms with Gasteiger partial charge in [0.05, 0.1) is 0 Å². The topological polar surface area (TPSA) is 38.1 Å². The molecule has 0 aliphatic rings. The van der Waals surface area contributed by atoms with Crippen LogP contribution in [0.2, 0.25) is 0 Å². The standard InChI is InChI=1S/C14H24BrN3O/c1-4-5-8-17(9-6-15)13-14(19)18(10-7-16-13)11-12(2)3/h7,10,12H,4-6,8-9,11H2,1-3H3. The fourth-order valence-corrected chi connectivity index (χ4v) is 2.39. The van der Waals surface area contributed by atoms with E-state index < -0.39 is 0 Å². The molecular formula is C14H24BrN3O. The lowest BCUT2D eigenvalue weighted by Gasteiger charge is -2.22. The maximum atomic E-state index is 12.4. The van der Waals surface area contributed by atoms with Gasteiger partial charge in [-0.1, -0.05) is 43.1 Å². The van der Waals surface area contributed by atoms with Crippen LogP contribution in [0.15, 0.2) is 17.2 Å². The Morgan fingerprint density at radius 1 is 1.42 bits per heavy atom. The van der Waals surface area contributed by atoms with Crippen LogP contribution in [0, 0.1) is 5.92 Å². The summed E-state index contributed by atoms with van der Waals surface area (Å²) in [4.78, 5) is 18.8. The normalized spacial score (nSPS) is 11.0. The van der Waals surface area contributed by atoms with Crippen LogP contribution in [0.25, 0.3) is 0 Å². The van der Waals surface area contributed by atoms with E-state index in [0.29, 0.717) is 11.7 Å². The summed E-state index contributed by atoms with van der Waals surface area (Å²) in [5.41, 5.74) is 0.0215. The third-order valence-electron chi connectivity index (χ3n) is 2.89. The molecule has 0 spiro atoms. The number of unbranched alkanes of at least 4 members (excludes halogenated alkanes) is 1. The summed E-state index contributed by atoms with van der Waals surface area (Å²) in [6, 6.07) is 0. The van der Waals surface area contributed by atoms with E-state index in [2.05, 4.69) is 46.6 Å². The van der Waals surface area contributed by atoms with Crippen molar-refractivity contribution in [3.05, 3.63) is 22.7 Å². The molecule has 0 aliphatic heterocycles. The Balaban J connectivity index is 2.98. The molecule has 5 heteroatoms. The third-order valence-corrected chi connectivity index (χ3v) is 3.25. The zero-order valence-electron chi connectivity index (χ0n) is 12.1. The first-order chi connectivity index (χ1) is 9.10. The minimum absolute atomic E-state index is 0.0215. The van der Waals surface area contributed by atoms with E-state index in [1.165, 1.54) is 0 Å². The summed E-state index contributed by atoms with van der Waals surface area (Å²) in [6.45, 7) is 8.82. The molecule has 0 bridgehead atoms. The predicted molar refractivity (Wildman–Crippen MR) is 84.3 cm³/mol. The summed E-state index contributed by atoms with van der Waals surface area (Å²) in [5.74, 6) is 1.03. The summed E-state index contributed by atoms with van der Waals surface area (Å²) >= 11 is 3.44. The van der Waals surface area contributed by atoms with Gasteiger partial charge in [-0.2, -0.15) is 0 Å². The summed E-state index contributed by atoms with van der Waals surface area (Å²) in [7, 11) is 0. The van der Waals surface area contributed by atoms with Crippen molar-refractivity contribution in [2.24, 2.45) is 5.92 Å². The van der Waals surface area contributed by atoms with Gasteiger partial charge in [0.25, 0.3) is 5.56 Å². The fraction of sp³-hybridized carbons (Fsp3) is 0.714. The Morgan fingerprint density at radius 3 is 2.74 bits per heavy atom. The van der Waals surface area contributed by atoms with Gasteiger partial charge in [-0.25, -0.2) is 4.98 Å². The molecule has 0 amide bonds. The number of anilines is 1. The van der Waals surface area contributed by atoms with Crippen molar-refractivity contribution in [2.75, 3.05) is 23.3 Å². The summed E-state index contributed by atoms with van der Waals surface area (Å²) < 4.78 is 1.76. The van der Waals surface area contributed by atoms with E-state index in [1.807, 2.05) is 0 Å². The van der Waals surface area contributed by atoms with Crippen molar-refractivity contribution in [3.8, 4) is 0 Å². The molecular weight excluding hydrogens is 306 g/mol. The minimum Gasteiger partial charge on any atom is -0.351 e. The second-order valence-electron chi connectivity index (χ2n) is 5.13. The van der Waals surface area contributed by atoms with Crippen LogP contribution < -0.4 is 10.5 Å². The number of rotatable bonds is 8. The molecule has 1 aromatic rings. The zero-order chi connectivity index (χ0) is 14.3. The Labute approximate surface area is 124 Å². The third kappa shape index (κ3) is 4.97. The van der Waals surface area contributed by atoms with E-state index in [-0.39, 0.29) is 5.56 Å². The molecule has 0 atom stereocenters. The van der Waals surface area contributed by atoms with Crippen molar-refractivity contribution in [2.45, 2.75) is 40.2 Å². The second kappa shape index (κ2) is 8.35. The quantitative estimate of drug-likeness (QED) is 0.688. The molecule has 0 saturated carbocycles. The van der Waals surface area contributed by atoms with Crippen LogP contribution in [-0.2, 0) is 6.54 Å². The number of hydrogen-bond acceptors (Lipinski definition) is 3. The largest absolute Gasteiger partial charge is 0.351 e. The Hall–Kier alpha value is -0.840. The number of nitrogens with zero attached hydrogens (tertiary/aromatic N) is 3. The lowest BCUT2D eigenvalue weighted by Crippen LogP contribution is -2.35. The number of alkyl halides is 1. The Bertz CT molecular complexity index is 431. The maximum Gasteiger partial charge on any atom is 0.293 e. The molecule has 0 N–H and O–H groups in total. The molecule has 0 aliphatic carbocycles. The van der Waals surface area contributed by atoms with E-state index in [9.17, 15) is 4.79 Å². The van der Waals surface area contributed by atoms with E-state index >= 15 is 0 Å². The molecule has 108 valence electrons. The molecule has 1 heterocycles. The SMILES string of the molecule is CCCCN(CCBr)c1nccn(CC(C)C)c1=O. The highest BCUT2D eigenvalue weighted by Gasteiger charge is 2.13. The van der Waals surface area contributed by atoms with Crippen molar-refractivity contribution in [3.63, 3.8) is 0 Å². The highest BCUT2D eigenvalue weighted by molar-refractivity contribution is 9.09. The number of halogens is 1. The van der Waals surface area contributed by atoms with E-state index in [0.717, 1.165) is 37.8 Å². The molecule has 1 rings (SSSR count). The average Bonchev–Trinajstić information content (AvgIpc) is 2.37. The Morgan fingerprint density at radius 2 is 2.16 bits per heavy atom. The molecule has 4 nitrogen and oxygen atoms in total. The highest BCUT2D eigenvalue weighted by atomic mass is 79.9. The molecule has 0 radical (unpaired) electrons. The zero-order valence-corrected chi connectivity index (χ0v) is 13.7. The molecule has 0 aromatic carbocycles. The number of aromatic nitrogens is 2. The molecule has 0 saturated heterocycles. The molecule has 0 unspecified atom stereocenters. The van der Waals surface area contributed by atoms with Gasteiger partial charge in [-0.3, -0.25) is 4.79 Å². The first kappa shape index (κ1) is 16.2. The van der Waals surface area contributed by atoms with Crippen LogP contribution in [0.4, 0.5) is 5.82 Å². The van der Waals surface area contributed by atoms with Crippen molar-refractivity contribution in [1.29, 1.82) is 0 Å². The van der Waals surface area contributed by atoms with E-state index in [4.69, 9.17) is 0 Å². The highest BCUT2D eigenvalue weighted by Crippen LogP contribution is 2.07. The summed E-state index contributed by atoms with van der Waals surface area (Å²) in [6.07, 6.45) is 5.70. The lowest BCUT2D eigenvalue weighted by molar-refractivity contribution is 0.508. The molecule has 0 fully saturated rings. The van der Waals surface area contributed by atoms with Crippen LogP contribution in [0.3, 0.4) is 0 Å². The van der Waals surface area contributed by atoms with Gasteiger partial charge in [0.15, 0.2) is 5.82 Å². The lowest BCUT2D eigenvalue weighted by atomic mass is 10.2. The van der Waals surface area contributed by atoms with Crippen LogP contribution in [0.1, 0.15) is 33.6 Å². The summed E-state index contributed by atoms with van der Waals surface area (Å²) in [5, 5.41) is 0.844. The van der Waals surface area contributed by atoms with E-state index in [1.54, 1.807) is 17.0 Å². The molecule has 1 aromatic heterocycles. The molecule has 19 heavy (non-hydrogen) atoms. The van der Waals surface area contributed by atoms with Gasteiger partial charge >= 0.3 is 0 Å². The van der Waals surface area contributed by atoms with Crippen molar-refractivity contribution in [1.82, 2.24) is 9.55 Å². The maximum absolute atomic E-state index is 12.4. The van der Waals surface area contributed by atoms with Gasteiger partial charge in [-0.15, -0.1) is 0 Å². The Kier molecular flexibility index (Phi) is 7.13. The van der Waals surface area contributed by atoms with Crippen LogP contribution >= 0.6 is 15.9 Å². The second-order valence-corrected chi connectivity index (χ2v) is 5.92. The van der Waals surface area contributed by atoms with Gasteiger partial charge < -0.3 is 9.47 Å². The monoisotopic (exact) mass is 329 g/mol. The predicted octanol–water partition coefficient (Wildman–Crippen LogP) is 2.90. The smallest absolute Gasteiger partial charge is 0.293 e. The van der Waals surface area contributed by atoms with Gasteiger partial charge in [-0.05, 0) is 12.3 Å². The first-order valence-corrected chi connectivity index (χ1v) is 8.08. The minimum atomic E-state index is 0.0215. The fourth-order valence-electron chi connectivity index (χ4n) is 1.96. The first-order valence-electron chi connectivity index (χ1n) is 6.96. The average molecular weight is 330 g/mol. The van der Waals surface area contributed by atoms with Gasteiger partial charge in [0.1, 0.15) is 0 Å². The van der Waals surface area contributed by atoms with Crippen molar-refractivity contribution < 1.29 is 0 Å². The van der Waals surface area contributed by atoms with Crippen LogP contribution in [0.5, 0.6) is 0 Å².